The van der Waals surface area contributed by atoms with Crippen LogP contribution in [-0.4, -0.2) is 30.3 Å². The van der Waals surface area contributed by atoms with Crippen molar-refractivity contribution in [3.63, 3.8) is 0 Å². The molecule has 0 fully saturated rings. The second-order valence-electron chi connectivity index (χ2n) is 3.60. The fourth-order valence-corrected chi connectivity index (χ4v) is 1.63. The number of hydrogen-bond donors (Lipinski definition) is 2. The number of benzene rings is 1. The number of carbonyl (C=O) groups excluding carboxylic acids is 1. The van der Waals surface area contributed by atoms with E-state index in [2.05, 4.69) is 21.2 Å². The number of aliphatic hydroxyl groups is 1. The number of amides is 1. The summed E-state index contributed by atoms with van der Waals surface area (Å²) >= 11 is 3.32. The molecule has 0 unspecified atom stereocenters. The quantitative estimate of drug-likeness (QED) is 0.841. The maximum atomic E-state index is 11.5. The molecule has 0 aromatic heterocycles. The third-order valence-corrected chi connectivity index (χ3v) is 2.74. The van der Waals surface area contributed by atoms with Crippen LogP contribution in [0, 0.1) is 0 Å². The highest BCUT2D eigenvalue weighted by Crippen LogP contribution is 2.17. The first kappa shape index (κ1) is 14.0. The third kappa shape index (κ3) is 5.19. The van der Waals surface area contributed by atoms with E-state index in [0.717, 1.165) is 4.47 Å². The Morgan fingerprint density at radius 2 is 2.35 bits per heavy atom. The Morgan fingerprint density at radius 3 is 2.94 bits per heavy atom. The molecule has 5 heteroatoms. The van der Waals surface area contributed by atoms with E-state index in [0.29, 0.717) is 12.2 Å². The zero-order valence-electron chi connectivity index (χ0n) is 9.65. The highest BCUT2D eigenvalue weighted by Gasteiger charge is 2.09. The van der Waals surface area contributed by atoms with Gasteiger partial charge in [-0.25, -0.2) is 0 Å². The Morgan fingerprint density at radius 1 is 1.59 bits per heavy atom. The molecule has 17 heavy (non-hydrogen) atoms. The van der Waals surface area contributed by atoms with E-state index in [9.17, 15) is 4.79 Å². The van der Waals surface area contributed by atoms with Crippen LogP contribution in [0.3, 0.4) is 0 Å². The molecule has 1 atom stereocenters. The molecule has 1 aromatic carbocycles. The number of ether oxygens (including phenoxy) is 1. The molecule has 0 spiro atoms. The van der Waals surface area contributed by atoms with Gasteiger partial charge in [-0.1, -0.05) is 28.9 Å². The maximum absolute atomic E-state index is 11.5. The van der Waals surface area contributed by atoms with Gasteiger partial charge in [0.15, 0.2) is 6.61 Å². The van der Waals surface area contributed by atoms with Crippen LogP contribution < -0.4 is 10.1 Å². The number of carbonyl (C=O) groups is 1. The first-order chi connectivity index (χ1) is 8.15. The molecule has 4 nitrogen and oxygen atoms in total. The van der Waals surface area contributed by atoms with E-state index in [4.69, 9.17) is 9.84 Å². The summed E-state index contributed by atoms with van der Waals surface area (Å²) in [6.07, 6.45) is 0.694. The van der Waals surface area contributed by atoms with Crippen molar-refractivity contribution < 1.29 is 14.6 Å². The van der Waals surface area contributed by atoms with Crippen molar-refractivity contribution in [1.29, 1.82) is 0 Å². The van der Waals surface area contributed by atoms with Gasteiger partial charge < -0.3 is 15.2 Å². The Kier molecular flexibility index (Phi) is 6.00. The van der Waals surface area contributed by atoms with Gasteiger partial charge in [0.05, 0.1) is 12.6 Å². The second kappa shape index (κ2) is 7.29. The Hall–Kier alpha value is -1.07. The predicted molar refractivity (Wildman–Crippen MR) is 68.9 cm³/mol. The molecule has 0 aliphatic carbocycles. The largest absolute Gasteiger partial charge is 0.484 e. The van der Waals surface area contributed by atoms with Gasteiger partial charge >= 0.3 is 0 Å². The van der Waals surface area contributed by atoms with Crippen molar-refractivity contribution in [3.05, 3.63) is 28.7 Å². The fourth-order valence-electron chi connectivity index (χ4n) is 1.25. The van der Waals surface area contributed by atoms with Crippen LogP contribution in [-0.2, 0) is 4.79 Å². The molecule has 0 saturated carbocycles. The number of halogens is 1. The molecule has 0 radical (unpaired) electrons. The number of rotatable bonds is 6. The minimum absolute atomic E-state index is 0.0487. The Balaban J connectivity index is 2.38. The van der Waals surface area contributed by atoms with Gasteiger partial charge in [0, 0.05) is 4.47 Å². The van der Waals surface area contributed by atoms with Crippen molar-refractivity contribution in [1.82, 2.24) is 5.32 Å². The van der Waals surface area contributed by atoms with Gasteiger partial charge in [0.1, 0.15) is 5.75 Å². The lowest BCUT2D eigenvalue weighted by molar-refractivity contribution is -0.124. The lowest BCUT2D eigenvalue weighted by Crippen LogP contribution is -2.39. The molecule has 0 heterocycles. The number of hydrogen-bond acceptors (Lipinski definition) is 3. The summed E-state index contributed by atoms with van der Waals surface area (Å²) in [5, 5.41) is 11.6. The van der Waals surface area contributed by atoms with Crippen LogP contribution in [0.25, 0.3) is 0 Å². The molecule has 0 aliphatic rings. The van der Waals surface area contributed by atoms with Crippen LogP contribution in [0.5, 0.6) is 5.75 Å². The molecular weight excluding hydrogens is 286 g/mol. The zero-order valence-corrected chi connectivity index (χ0v) is 11.2. The summed E-state index contributed by atoms with van der Waals surface area (Å²) in [5.74, 6) is 0.400. The average Bonchev–Trinajstić information content (AvgIpc) is 2.33. The van der Waals surface area contributed by atoms with Crippen LogP contribution in [0.15, 0.2) is 28.7 Å². The minimum atomic E-state index is -0.231. The Bertz CT molecular complexity index is 367. The van der Waals surface area contributed by atoms with Crippen LogP contribution in [0.1, 0.15) is 13.3 Å². The van der Waals surface area contributed by atoms with Crippen LogP contribution in [0.2, 0.25) is 0 Å². The molecule has 94 valence electrons. The van der Waals surface area contributed by atoms with Gasteiger partial charge in [0.2, 0.25) is 0 Å². The zero-order chi connectivity index (χ0) is 12.7. The van der Waals surface area contributed by atoms with Gasteiger partial charge in [-0.15, -0.1) is 0 Å². The number of nitrogens with one attached hydrogen (secondary N) is 1. The van der Waals surface area contributed by atoms with E-state index >= 15 is 0 Å². The summed E-state index contributed by atoms with van der Waals surface area (Å²) in [4.78, 5) is 11.5. The standard InChI is InChI=1S/C12H16BrNO3/c1-2-10(7-15)14-12(16)8-17-11-5-3-4-9(13)6-11/h3-6,10,15H,2,7-8H2,1H3,(H,14,16)/t10-/m0/s1. The maximum Gasteiger partial charge on any atom is 0.258 e. The lowest BCUT2D eigenvalue weighted by atomic mass is 10.2. The van der Waals surface area contributed by atoms with E-state index in [1.165, 1.54) is 0 Å². The van der Waals surface area contributed by atoms with Crippen molar-refractivity contribution in [2.75, 3.05) is 13.2 Å². The van der Waals surface area contributed by atoms with Gasteiger partial charge in [-0.3, -0.25) is 4.79 Å². The predicted octanol–water partition coefficient (Wildman–Crippen LogP) is 1.71. The normalized spacial score (nSPS) is 11.9. The SMILES string of the molecule is CC[C@@H](CO)NC(=O)COc1cccc(Br)c1. The highest BCUT2D eigenvalue weighted by molar-refractivity contribution is 9.10. The van der Waals surface area contributed by atoms with Crippen molar-refractivity contribution in [2.24, 2.45) is 0 Å². The third-order valence-electron chi connectivity index (χ3n) is 2.24. The Labute approximate surface area is 109 Å². The summed E-state index contributed by atoms with van der Waals surface area (Å²) in [6.45, 7) is 1.79. The molecular formula is C12H16BrNO3. The molecule has 2 N–H and O–H groups in total. The molecule has 1 rings (SSSR count). The van der Waals surface area contributed by atoms with Crippen LogP contribution >= 0.6 is 15.9 Å². The molecule has 0 saturated heterocycles. The van der Waals surface area contributed by atoms with Gasteiger partial charge in [-0.2, -0.15) is 0 Å². The minimum Gasteiger partial charge on any atom is -0.484 e. The topological polar surface area (TPSA) is 58.6 Å². The first-order valence-corrected chi connectivity index (χ1v) is 6.23. The van der Waals surface area contributed by atoms with E-state index in [-0.39, 0.29) is 25.2 Å². The van der Waals surface area contributed by atoms with Gasteiger partial charge in [-0.05, 0) is 24.6 Å². The van der Waals surface area contributed by atoms with Crippen molar-refractivity contribution >= 4 is 21.8 Å². The summed E-state index contributed by atoms with van der Waals surface area (Å²) in [7, 11) is 0. The monoisotopic (exact) mass is 301 g/mol. The van der Waals surface area contributed by atoms with E-state index in [1.807, 2.05) is 19.1 Å². The molecule has 1 amide bonds. The molecule has 0 bridgehead atoms. The van der Waals surface area contributed by atoms with Crippen molar-refractivity contribution in [3.8, 4) is 5.75 Å². The van der Waals surface area contributed by atoms with Gasteiger partial charge in [0.25, 0.3) is 5.91 Å². The second-order valence-corrected chi connectivity index (χ2v) is 4.52. The highest BCUT2D eigenvalue weighted by atomic mass is 79.9. The average molecular weight is 302 g/mol. The number of aliphatic hydroxyl groups excluding tert-OH is 1. The summed E-state index contributed by atoms with van der Waals surface area (Å²) < 4.78 is 6.22. The molecule has 0 aliphatic heterocycles. The summed E-state index contributed by atoms with van der Waals surface area (Å²) in [6, 6.07) is 7.08. The summed E-state index contributed by atoms with van der Waals surface area (Å²) in [5.41, 5.74) is 0. The van der Waals surface area contributed by atoms with Crippen molar-refractivity contribution in [2.45, 2.75) is 19.4 Å². The van der Waals surface area contributed by atoms with E-state index < -0.39 is 0 Å². The molecule has 1 aromatic rings. The fraction of sp³-hybridized carbons (Fsp3) is 0.417. The van der Waals surface area contributed by atoms with Crippen LogP contribution in [0.4, 0.5) is 0 Å². The van der Waals surface area contributed by atoms with E-state index in [1.54, 1.807) is 12.1 Å². The first-order valence-electron chi connectivity index (χ1n) is 5.44. The smallest absolute Gasteiger partial charge is 0.258 e. The lowest BCUT2D eigenvalue weighted by Gasteiger charge is -2.14.